The first kappa shape index (κ1) is 9.97. The molecule has 2 atom stereocenters. The fourth-order valence-electron chi connectivity index (χ4n) is 2.05. The predicted octanol–water partition coefficient (Wildman–Crippen LogP) is 1.64. The van der Waals surface area contributed by atoms with Crippen molar-refractivity contribution in [3.8, 4) is 0 Å². The number of hydrogen-bond acceptors (Lipinski definition) is 2. The third-order valence-electron chi connectivity index (χ3n) is 2.85. The molecule has 1 aliphatic heterocycles. The van der Waals surface area contributed by atoms with Crippen molar-refractivity contribution in [2.24, 2.45) is 5.92 Å². The molecule has 0 amide bonds. The Morgan fingerprint density at radius 3 is 3.00 bits per heavy atom. The van der Waals surface area contributed by atoms with E-state index in [0.29, 0.717) is 11.8 Å². The number of rotatable bonds is 2. The molecule has 14 heavy (non-hydrogen) atoms. The van der Waals surface area contributed by atoms with E-state index in [9.17, 15) is 5.11 Å². The summed E-state index contributed by atoms with van der Waals surface area (Å²) in [5, 5.41) is 13.3. The minimum absolute atomic E-state index is 0.240. The van der Waals surface area contributed by atoms with E-state index in [-0.39, 0.29) is 6.61 Å². The van der Waals surface area contributed by atoms with Crippen LogP contribution in [0.4, 0.5) is 0 Å². The van der Waals surface area contributed by atoms with Crippen molar-refractivity contribution in [2.45, 2.75) is 5.92 Å². The summed E-state index contributed by atoms with van der Waals surface area (Å²) >= 11 is 5.93. The lowest BCUT2D eigenvalue weighted by Gasteiger charge is -2.16. The summed E-state index contributed by atoms with van der Waals surface area (Å²) in [4.78, 5) is 0. The highest BCUT2D eigenvalue weighted by molar-refractivity contribution is 6.30. The number of hydrogen-bond donors (Lipinski definition) is 2. The van der Waals surface area contributed by atoms with Gasteiger partial charge in [0.1, 0.15) is 0 Å². The summed E-state index contributed by atoms with van der Waals surface area (Å²) in [6, 6.07) is 7.90. The van der Waals surface area contributed by atoms with Gasteiger partial charge >= 0.3 is 0 Å². The Bertz CT molecular complexity index is 316. The van der Waals surface area contributed by atoms with Crippen LogP contribution in [0.2, 0.25) is 5.02 Å². The molecule has 1 aromatic carbocycles. The highest BCUT2D eigenvalue weighted by atomic mass is 35.5. The number of halogens is 1. The monoisotopic (exact) mass is 211 g/mol. The van der Waals surface area contributed by atoms with Crippen LogP contribution in [0.1, 0.15) is 11.5 Å². The zero-order chi connectivity index (χ0) is 9.97. The van der Waals surface area contributed by atoms with Crippen LogP contribution in [0, 0.1) is 5.92 Å². The van der Waals surface area contributed by atoms with E-state index >= 15 is 0 Å². The molecular formula is C11H14ClNO. The predicted molar refractivity (Wildman–Crippen MR) is 57.6 cm³/mol. The van der Waals surface area contributed by atoms with Gasteiger partial charge in [-0.2, -0.15) is 0 Å². The van der Waals surface area contributed by atoms with Gasteiger partial charge in [-0.1, -0.05) is 23.7 Å². The van der Waals surface area contributed by atoms with Crippen LogP contribution in [0.3, 0.4) is 0 Å². The number of benzene rings is 1. The van der Waals surface area contributed by atoms with Crippen molar-refractivity contribution in [1.82, 2.24) is 5.32 Å². The zero-order valence-corrected chi connectivity index (χ0v) is 8.67. The van der Waals surface area contributed by atoms with Gasteiger partial charge in [-0.3, -0.25) is 0 Å². The van der Waals surface area contributed by atoms with E-state index in [0.717, 1.165) is 18.1 Å². The Morgan fingerprint density at radius 2 is 2.29 bits per heavy atom. The zero-order valence-electron chi connectivity index (χ0n) is 7.91. The van der Waals surface area contributed by atoms with Crippen LogP contribution in [-0.4, -0.2) is 24.8 Å². The number of aliphatic hydroxyl groups is 1. The summed E-state index contributed by atoms with van der Waals surface area (Å²) in [5.74, 6) is 0.729. The van der Waals surface area contributed by atoms with E-state index in [1.165, 1.54) is 5.56 Å². The van der Waals surface area contributed by atoms with Gasteiger partial charge in [0.2, 0.25) is 0 Å². The summed E-state index contributed by atoms with van der Waals surface area (Å²) < 4.78 is 0. The molecule has 1 saturated heterocycles. The second-order valence-electron chi connectivity index (χ2n) is 3.76. The summed E-state index contributed by atoms with van der Waals surface area (Å²) in [7, 11) is 0. The Labute approximate surface area is 88.9 Å². The molecule has 0 unspecified atom stereocenters. The van der Waals surface area contributed by atoms with Crippen LogP contribution in [0.15, 0.2) is 24.3 Å². The lowest BCUT2D eigenvalue weighted by Crippen LogP contribution is -2.14. The van der Waals surface area contributed by atoms with Crippen LogP contribution < -0.4 is 5.32 Å². The first-order chi connectivity index (χ1) is 6.81. The fourth-order valence-corrected chi connectivity index (χ4v) is 2.25. The standard InChI is InChI=1S/C11H14ClNO/c12-10-3-1-2-8(4-10)11-6-13-5-9(11)7-14/h1-4,9,11,13-14H,5-7H2/t9-,11-/m0/s1. The van der Waals surface area contributed by atoms with Gasteiger partial charge in [0, 0.05) is 36.6 Å². The van der Waals surface area contributed by atoms with Gasteiger partial charge in [0.15, 0.2) is 0 Å². The molecule has 2 rings (SSSR count). The van der Waals surface area contributed by atoms with Crippen molar-refractivity contribution in [1.29, 1.82) is 0 Å². The van der Waals surface area contributed by atoms with Crippen molar-refractivity contribution in [3.63, 3.8) is 0 Å². The third-order valence-corrected chi connectivity index (χ3v) is 3.09. The minimum Gasteiger partial charge on any atom is -0.396 e. The topological polar surface area (TPSA) is 32.3 Å². The smallest absolute Gasteiger partial charge is 0.0477 e. The molecule has 0 spiro atoms. The number of aliphatic hydroxyl groups excluding tert-OH is 1. The lowest BCUT2D eigenvalue weighted by molar-refractivity contribution is 0.226. The average molecular weight is 212 g/mol. The molecule has 2 nitrogen and oxygen atoms in total. The second kappa shape index (κ2) is 4.30. The largest absolute Gasteiger partial charge is 0.396 e. The maximum absolute atomic E-state index is 9.19. The third kappa shape index (κ3) is 1.92. The molecule has 0 aromatic heterocycles. The molecular weight excluding hydrogens is 198 g/mol. The van der Waals surface area contributed by atoms with Crippen LogP contribution in [0.5, 0.6) is 0 Å². The maximum Gasteiger partial charge on any atom is 0.0477 e. The van der Waals surface area contributed by atoms with Crippen molar-refractivity contribution in [3.05, 3.63) is 34.9 Å². The van der Waals surface area contributed by atoms with Gasteiger partial charge in [-0.05, 0) is 17.7 Å². The summed E-state index contributed by atoms with van der Waals surface area (Å²) in [6.07, 6.45) is 0. The SMILES string of the molecule is OC[C@@H]1CNC[C@H]1c1cccc(Cl)c1. The van der Waals surface area contributed by atoms with Gasteiger partial charge in [0.05, 0.1) is 0 Å². The van der Waals surface area contributed by atoms with Crippen LogP contribution >= 0.6 is 11.6 Å². The molecule has 0 bridgehead atoms. The van der Waals surface area contributed by atoms with E-state index in [4.69, 9.17) is 11.6 Å². The molecule has 1 aliphatic rings. The molecule has 1 heterocycles. The summed E-state index contributed by atoms with van der Waals surface area (Å²) in [6.45, 7) is 2.07. The molecule has 2 N–H and O–H groups in total. The highest BCUT2D eigenvalue weighted by Crippen LogP contribution is 2.29. The molecule has 1 fully saturated rings. The minimum atomic E-state index is 0.240. The van der Waals surface area contributed by atoms with Crippen molar-refractivity contribution >= 4 is 11.6 Å². The Morgan fingerprint density at radius 1 is 1.43 bits per heavy atom. The van der Waals surface area contributed by atoms with Gasteiger partial charge in [-0.25, -0.2) is 0 Å². The van der Waals surface area contributed by atoms with Gasteiger partial charge in [-0.15, -0.1) is 0 Å². The van der Waals surface area contributed by atoms with E-state index in [1.54, 1.807) is 0 Å². The maximum atomic E-state index is 9.19. The lowest BCUT2D eigenvalue weighted by atomic mass is 9.90. The first-order valence-electron chi connectivity index (χ1n) is 4.88. The van der Waals surface area contributed by atoms with E-state index in [2.05, 4.69) is 11.4 Å². The Balaban J connectivity index is 2.21. The second-order valence-corrected chi connectivity index (χ2v) is 4.20. The van der Waals surface area contributed by atoms with Gasteiger partial charge in [0.25, 0.3) is 0 Å². The molecule has 76 valence electrons. The van der Waals surface area contributed by atoms with Crippen molar-refractivity contribution in [2.75, 3.05) is 19.7 Å². The normalized spacial score (nSPS) is 26.7. The molecule has 3 heteroatoms. The molecule has 0 saturated carbocycles. The fraction of sp³-hybridized carbons (Fsp3) is 0.455. The Kier molecular flexibility index (Phi) is 3.06. The summed E-state index contributed by atoms with van der Waals surface area (Å²) in [5.41, 5.74) is 1.22. The molecule has 0 aliphatic carbocycles. The first-order valence-corrected chi connectivity index (χ1v) is 5.26. The van der Waals surface area contributed by atoms with E-state index < -0.39 is 0 Å². The van der Waals surface area contributed by atoms with Crippen LogP contribution in [0.25, 0.3) is 0 Å². The van der Waals surface area contributed by atoms with Crippen molar-refractivity contribution < 1.29 is 5.11 Å². The molecule has 0 radical (unpaired) electrons. The average Bonchev–Trinajstić information content (AvgIpc) is 2.65. The van der Waals surface area contributed by atoms with E-state index in [1.807, 2.05) is 18.2 Å². The quantitative estimate of drug-likeness (QED) is 0.780. The Hall–Kier alpha value is -0.570. The highest BCUT2D eigenvalue weighted by Gasteiger charge is 2.27. The van der Waals surface area contributed by atoms with Crippen LogP contribution in [-0.2, 0) is 0 Å². The van der Waals surface area contributed by atoms with Gasteiger partial charge < -0.3 is 10.4 Å². The molecule has 1 aromatic rings. The number of nitrogens with one attached hydrogen (secondary N) is 1.